The van der Waals surface area contributed by atoms with Gasteiger partial charge in [0.1, 0.15) is 11.6 Å². The Balaban J connectivity index is 2.09. The number of carbonyl (C=O) groups excluding carboxylic acids is 1. The number of amides is 1. The molecule has 0 fully saturated rings. The highest BCUT2D eigenvalue weighted by Gasteiger charge is 2.14. The van der Waals surface area contributed by atoms with Crippen molar-refractivity contribution in [1.29, 1.82) is 0 Å². The van der Waals surface area contributed by atoms with Gasteiger partial charge in [-0.2, -0.15) is 5.10 Å². The minimum atomic E-state index is -0.473. The summed E-state index contributed by atoms with van der Waals surface area (Å²) in [6, 6.07) is 6.29. The van der Waals surface area contributed by atoms with Gasteiger partial charge in [-0.1, -0.05) is 24.6 Å². The second kappa shape index (κ2) is 7.38. The average molecular weight is 325 g/mol. The molecule has 0 saturated carbocycles. The Bertz CT molecular complexity index is 659. The molecular weight excluding hydrogens is 307 g/mol. The first-order chi connectivity index (χ1) is 10.5. The van der Waals surface area contributed by atoms with E-state index in [1.807, 2.05) is 6.92 Å². The minimum Gasteiger partial charge on any atom is -0.319 e. The number of nitrogens with one attached hydrogen (secondary N) is 2. The summed E-state index contributed by atoms with van der Waals surface area (Å²) < 4.78 is 15.1. The zero-order chi connectivity index (χ0) is 16.1. The maximum Gasteiger partial charge on any atom is 0.229 e. The van der Waals surface area contributed by atoms with Gasteiger partial charge in [-0.15, -0.1) is 0 Å². The van der Waals surface area contributed by atoms with Gasteiger partial charge in [0.05, 0.1) is 17.8 Å². The van der Waals surface area contributed by atoms with Crippen LogP contribution in [0.15, 0.2) is 30.5 Å². The molecule has 1 amide bonds. The quantitative estimate of drug-likeness (QED) is 0.858. The van der Waals surface area contributed by atoms with Crippen molar-refractivity contribution in [2.24, 2.45) is 5.92 Å². The number of aromatic nitrogens is 2. The smallest absolute Gasteiger partial charge is 0.229 e. The van der Waals surface area contributed by atoms with E-state index in [4.69, 9.17) is 11.6 Å². The molecule has 5 nitrogen and oxygen atoms in total. The van der Waals surface area contributed by atoms with Crippen LogP contribution in [0.2, 0.25) is 5.02 Å². The lowest BCUT2D eigenvalue weighted by Crippen LogP contribution is -2.29. The summed E-state index contributed by atoms with van der Waals surface area (Å²) in [6.45, 7) is 2.76. The summed E-state index contributed by atoms with van der Waals surface area (Å²) in [5.41, 5.74) is 0.712. The molecule has 1 aromatic carbocycles. The number of rotatable bonds is 6. The standard InChI is InChI=1S/C15H18ClFN4O/c1-10(8-18-2)15(22)20-14-5-6-19-21(14)9-11-3-4-12(16)13(17)7-11/h3-7,10,18H,8-9H2,1-2H3,(H,20,22). The second-order valence-electron chi connectivity index (χ2n) is 5.07. The fourth-order valence-corrected chi connectivity index (χ4v) is 2.14. The normalized spacial score (nSPS) is 12.2. The molecule has 2 aromatic rings. The van der Waals surface area contributed by atoms with Crippen LogP contribution in [0.1, 0.15) is 12.5 Å². The first kappa shape index (κ1) is 16.5. The van der Waals surface area contributed by atoms with Crippen LogP contribution in [0, 0.1) is 11.7 Å². The maximum atomic E-state index is 13.5. The van der Waals surface area contributed by atoms with Crippen LogP contribution in [0.4, 0.5) is 10.2 Å². The molecule has 2 rings (SSSR count). The van der Waals surface area contributed by atoms with E-state index in [1.165, 1.54) is 12.1 Å². The summed E-state index contributed by atoms with van der Waals surface area (Å²) in [6.07, 6.45) is 1.59. The number of nitrogens with zero attached hydrogens (tertiary/aromatic N) is 2. The van der Waals surface area contributed by atoms with Crippen molar-refractivity contribution >= 4 is 23.3 Å². The monoisotopic (exact) mass is 324 g/mol. The van der Waals surface area contributed by atoms with E-state index in [-0.39, 0.29) is 16.8 Å². The van der Waals surface area contributed by atoms with Crippen molar-refractivity contribution in [3.63, 3.8) is 0 Å². The minimum absolute atomic E-state index is 0.0821. The number of anilines is 1. The van der Waals surface area contributed by atoms with Crippen LogP contribution in [0.3, 0.4) is 0 Å². The van der Waals surface area contributed by atoms with E-state index >= 15 is 0 Å². The van der Waals surface area contributed by atoms with Gasteiger partial charge >= 0.3 is 0 Å². The Kier molecular flexibility index (Phi) is 5.51. The lowest BCUT2D eigenvalue weighted by molar-refractivity contribution is -0.119. The van der Waals surface area contributed by atoms with E-state index in [9.17, 15) is 9.18 Å². The summed E-state index contributed by atoms with van der Waals surface area (Å²) >= 11 is 5.67. The van der Waals surface area contributed by atoms with Crippen molar-refractivity contribution in [2.75, 3.05) is 18.9 Å². The Morgan fingerprint density at radius 3 is 2.91 bits per heavy atom. The third-order valence-corrected chi connectivity index (χ3v) is 3.55. The van der Waals surface area contributed by atoms with Crippen LogP contribution in [-0.2, 0) is 11.3 Å². The molecule has 1 atom stereocenters. The molecule has 0 saturated heterocycles. The molecule has 7 heteroatoms. The van der Waals surface area contributed by atoms with E-state index in [0.29, 0.717) is 24.5 Å². The van der Waals surface area contributed by atoms with Gasteiger partial charge in [-0.25, -0.2) is 9.07 Å². The Hall–Kier alpha value is -1.92. The molecule has 1 unspecified atom stereocenters. The predicted molar refractivity (Wildman–Crippen MR) is 84.5 cm³/mol. The number of hydrogen-bond acceptors (Lipinski definition) is 3. The molecule has 0 aliphatic heterocycles. The summed E-state index contributed by atoms with van der Waals surface area (Å²) in [4.78, 5) is 12.0. The predicted octanol–water partition coefficient (Wildman–Crippen LogP) is 2.52. The van der Waals surface area contributed by atoms with Gasteiger partial charge in [0.15, 0.2) is 0 Å². The van der Waals surface area contributed by atoms with Crippen molar-refractivity contribution in [2.45, 2.75) is 13.5 Å². The first-order valence-corrected chi connectivity index (χ1v) is 7.30. The highest BCUT2D eigenvalue weighted by atomic mass is 35.5. The zero-order valence-electron chi connectivity index (χ0n) is 12.4. The van der Waals surface area contributed by atoms with E-state index in [1.54, 1.807) is 30.1 Å². The topological polar surface area (TPSA) is 59.0 Å². The van der Waals surface area contributed by atoms with Crippen LogP contribution in [0.5, 0.6) is 0 Å². The lowest BCUT2D eigenvalue weighted by Gasteiger charge is -2.13. The number of benzene rings is 1. The molecule has 1 heterocycles. The number of hydrogen-bond donors (Lipinski definition) is 2. The van der Waals surface area contributed by atoms with Crippen molar-refractivity contribution in [3.05, 3.63) is 46.9 Å². The molecular formula is C15H18ClFN4O. The van der Waals surface area contributed by atoms with Gasteiger partial charge in [-0.05, 0) is 24.7 Å². The van der Waals surface area contributed by atoms with Crippen molar-refractivity contribution in [3.8, 4) is 0 Å². The Labute approximate surface area is 133 Å². The molecule has 22 heavy (non-hydrogen) atoms. The highest BCUT2D eigenvalue weighted by molar-refractivity contribution is 6.30. The SMILES string of the molecule is CNCC(C)C(=O)Nc1ccnn1Cc1ccc(Cl)c(F)c1. The van der Waals surface area contributed by atoms with Gasteiger partial charge in [0.25, 0.3) is 0 Å². The molecule has 2 N–H and O–H groups in total. The molecule has 0 radical (unpaired) electrons. The van der Waals surface area contributed by atoms with E-state index in [0.717, 1.165) is 0 Å². The van der Waals surface area contributed by atoms with E-state index < -0.39 is 5.82 Å². The van der Waals surface area contributed by atoms with Gasteiger partial charge in [-0.3, -0.25) is 4.79 Å². The maximum absolute atomic E-state index is 13.5. The fraction of sp³-hybridized carbons (Fsp3) is 0.333. The summed E-state index contributed by atoms with van der Waals surface area (Å²) in [7, 11) is 1.79. The summed E-state index contributed by atoms with van der Waals surface area (Å²) in [5.74, 6) is -0.164. The molecule has 118 valence electrons. The molecule has 0 bridgehead atoms. The zero-order valence-corrected chi connectivity index (χ0v) is 13.2. The number of halogens is 2. The van der Waals surface area contributed by atoms with Crippen LogP contribution >= 0.6 is 11.6 Å². The first-order valence-electron chi connectivity index (χ1n) is 6.92. The summed E-state index contributed by atoms with van der Waals surface area (Å²) in [5, 5.41) is 10.0. The van der Waals surface area contributed by atoms with Crippen LogP contribution < -0.4 is 10.6 Å². The second-order valence-corrected chi connectivity index (χ2v) is 5.48. The van der Waals surface area contributed by atoms with E-state index in [2.05, 4.69) is 15.7 Å². The molecule has 0 aliphatic carbocycles. The van der Waals surface area contributed by atoms with Crippen LogP contribution in [0.25, 0.3) is 0 Å². The Morgan fingerprint density at radius 1 is 1.45 bits per heavy atom. The number of carbonyl (C=O) groups is 1. The molecule has 0 aliphatic rings. The average Bonchev–Trinajstić information content (AvgIpc) is 2.90. The largest absolute Gasteiger partial charge is 0.319 e. The van der Waals surface area contributed by atoms with Gasteiger partial charge < -0.3 is 10.6 Å². The third kappa shape index (κ3) is 4.05. The fourth-order valence-electron chi connectivity index (χ4n) is 2.02. The van der Waals surface area contributed by atoms with Crippen molar-refractivity contribution in [1.82, 2.24) is 15.1 Å². The third-order valence-electron chi connectivity index (χ3n) is 3.24. The van der Waals surface area contributed by atoms with Gasteiger partial charge in [0, 0.05) is 18.5 Å². The molecule has 1 aromatic heterocycles. The van der Waals surface area contributed by atoms with Crippen LogP contribution in [-0.4, -0.2) is 29.3 Å². The highest BCUT2D eigenvalue weighted by Crippen LogP contribution is 2.17. The Morgan fingerprint density at radius 2 is 2.23 bits per heavy atom. The van der Waals surface area contributed by atoms with Crippen molar-refractivity contribution < 1.29 is 9.18 Å². The molecule has 0 spiro atoms. The lowest BCUT2D eigenvalue weighted by atomic mass is 10.1. The van der Waals surface area contributed by atoms with Gasteiger partial charge in [0.2, 0.25) is 5.91 Å².